The normalized spacial score (nSPS) is 10.2. The number of anilines is 2. The number of rotatable bonds is 5. The van der Waals surface area contributed by atoms with Crippen LogP contribution in [0, 0.1) is 0 Å². The number of carbonyl (C=O) groups is 2. The molecule has 2 N–H and O–H groups in total. The van der Waals surface area contributed by atoms with Crippen LogP contribution in [0.5, 0.6) is 0 Å². The van der Waals surface area contributed by atoms with E-state index in [-0.39, 0.29) is 12.2 Å². The fourth-order valence-electron chi connectivity index (χ4n) is 1.91. The topological polar surface area (TPSA) is 66.4 Å². The summed E-state index contributed by atoms with van der Waals surface area (Å²) in [6.07, 6.45) is -0.00801. The molecule has 108 valence electrons. The predicted octanol–water partition coefficient (Wildman–Crippen LogP) is 3.91. The van der Waals surface area contributed by atoms with Gasteiger partial charge in [0, 0.05) is 22.0 Å². The van der Waals surface area contributed by atoms with E-state index in [2.05, 4.69) is 5.32 Å². The number of Topliss-reactive ketones (excluding diaryl/α,β-unsaturated/α-hetero) is 1. The summed E-state index contributed by atoms with van der Waals surface area (Å²) in [7, 11) is 0. The molecule has 2 rings (SSSR count). The van der Waals surface area contributed by atoms with Crippen LogP contribution in [-0.2, 0) is 11.2 Å². The van der Waals surface area contributed by atoms with E-state index in [4.69, 9.17) is 16.7 Å². The highest BCUT2D eigenvalue weighted by atomic mass is 35.5. The lowest BCUT2D eigenvalue weighted by atomic mass is 10.1. The molecule has 4 nitrogen and oxygen atoms in total. The number of carbonyl (C=O) groups excluding carboxylic acids is 1. The number of aliphatic carboxylic acids is 1. The Hall–Kier alpha value is -2.33. The van der Waals surface area contributed by atoms with Crippen LogP contribution in [-0.4, -0.2) is 16.9 Å². The number of hydrogen-bond acceptors (Lipinski definition) is 3. The number of hydrogen-bond donors (Lipinski definition) is 2. The van der Waals surface area contributed by atoms with Gasteiger partial charge in [-0.05, 0) is 42.8 Å². The highest BCUT2D eigenvalue weighted by Gasteiger charge is 2.05. The molecule has 0 atom stereocenters. The van der Waals surface area contributed by atoms with Gasteiger partial charge in [0.2, 0.25) is 0 Å². The molecule has 0 aliphatic rings. The van der Waals surface area contributed by atoms with Crippen molar-refractivity contribution in [2.45, 2.75) is 13.3 Å². The molecule has 0 aliphatic carbocycles. The van der Waals surface area contributed by atoms with E-state index in [0.717, 1.165) is 11.3 Å². The van der Waals surface area contributed by atoms with Gasteiger partial charge in [-0.2, -0.15) is 0 Å². The second-order valence-electron chi connectivity index (χ2n) is 4.68. The molecule has 2 aromatic rings. The van der Waals surface area contributed by atoms with Crippen molar-refractivity contribution in [2.24, 2.45) is 0 Å². The third kappa shape index (κ3) is 4.33. The first kappa shape index (κ1) is 15.1. The fraction of sp³-hybridized carbons (Fsp3) is 0.125. The van der Waals surface area contributed by atoms with Crippen molar-refractivity contribution in [3.05, 3.63) is 58.6 Å². The summed E-state index contributed by atoms with van der Waals surface area (Å²) in [5.41, 5.74) is 2.76. The zero-order valence-electron chi connectivity index (χ0n) is 11.4. The van der Waals surface area contributed by atoms with E-state index >= 15 is 0 Å². The van der Waals surface area contributed by atoms with Gasteiger partial charge in [0.1, 0.15) is 0 Å². The van der Waals surface area contributed by atoms with Gasteiger partial charge in [-0.15, -0.1) is 0 Å². The molecule has 0 saturated heterocycles. The number of benzene rings is 2. The minimum absolute atomic E-state index is 0.00801. The molecule has 0 amide bonds. The fourth-order valence-corrected chi connectivity index (χ4v) is 2.15. The molecule has 0 aliphatic heterocycles. The Bertz CT molecular complexity index is 680. The predicted molar refractivity (Wildman–Crippen MR) is 82.5 cm³/mol. The molecular formula is C16H14ClNO3. The van der Waals surface area contributed by atoms with Gasteiger partial charge in [-0.3, -0.25) is 9.59 Å². The Morgan fingerprint density at radius 2 is 1.76 bits per heavy atom. The molecule has 0 fully saturated rings. The first-order chi connectivity index (χ1) is 9.94. The van der Waals surface area contributed by atoms with Crippen molar-refractivity contribution < 1.29 is 14.7 Å². The highest BCUT2D eigenvalue weighted by molar-refractivity contribution is 6.31. The molecule has 21 heavy (non-hydrogen) atoms. The van der Waals surface area contributed by atoms with Crippen molar-refractivity contribution in [1.82, 2.24) is 0 Å². The van der Waals surface area contributed by atoms with E-state index in [0.29, 0.717) is 16.3 Å². The van der Waals surface area contributed by atoms with E-state index in [1.807, 2.05) is 0 Å². The summed E-state index contributed by atoms with van der Waals surface area (Å²) in [6.45, 7) is 1.48. The number of carboxylic acids is 1. The number of carboxylic acid groups (broad SMARTS) is 1. The average Bonchev–Trinajstić information content (AvgIpc) is 2.39. The number of nitrogens with one attached hydrogen (secondary N) is 1. The van der Waals surface area contributed by atoms with E-state index < -0.39 is 5.97 Å². The minimum atomic E-state index is -0.864. The second-order valence-corrected chi connectivity index (χ2v) is 5.11. The van der Waals surface area contributed by atoms with Crippen LogP contribution < -0.4 is 5.32 Å². The molecule has 0 spiro atoms. The largest absolute Gasteiger partial charge is 0.481 e. The van der Waals surface area contributed by atoms with Crippen LogP contribution in [0.1, 0.15) is 22.8 Å². The van der Waals surface area contributed by atoms with Gasteiger partial charge in [0.15, 0.2) is 5.78 Å². The van der Waals surface area contributed by atoms with Gasteiger partial charge in [0.05, 0.1) is 6.42 Å². The summed E-state index contributed by atoms with van der Waals surface area (Å²) in [5.74, 6) is -0.922. The maximum Gasteiger partial charge on any atom is 0.307 e. The van der Waals surface area contributed by atoms with Crippen LogP contribution >= 0.6 is 11.6 Å². The highest BCUT2D eigenvalue weighted by Crippen LogP contribution is 2.23. The van der Waals surface area contributed by atoms with E-state index in [1.165, 1.54) is 6.92 Å². The monoisotopic (exact) mass is 303 g/mol. The van der Waals surface area contributed by atoms with Crippen molar-refractivity contribution in [3.63, 3.8) is 0 Å². The van der Waals surface area contributed by atoms with Gasteiger partial charge in [0.25, 0.3) is 0 Å². The quantitative estimate of drug-likeness (QED) is 0.822. The Kier molecular flexibility index (Phi) is 4.60. The van der Waals surface area contributed by atoms with E-state index in [1.54, 1.807) is 42.5 Å². The Balaban J connectivity index is 2.18. The summed E-state index contributed by atoms with van der Waals surface area (Å²) < 4.78 is 0. The zero-order valence-corrected chi connectivity index (χ0v) is 12.1. The number of ketones is 1. The van der Waals surface area contributed by atoms with Crippen LogP contribution in [0.4, 0.5) is 11.4 Å². The molecular weight excluding hydrogens is 290 g/mol. The first-order valence-electron chi connectivity index (χ1n) is 6.33. The molecule has 0 aromatic heterocycles. The summed E-state index contributed by atoms with van der Waals surface area (Å²) in [6, 6.07) is 12.1. The number of halogens is 1. The van der Waals surface area contributed by atoms with Crippen LogP contribution in [0.15, 0.2) is 42.5 Å². The smallest absolute Gasteiger partial charge is 0.307 e. The van der Waals surface area contributed by atoms with Crippen LogP contribution in [0.3, 0.4) is 0 Å². The van der Waals surface area contributed by atoms with Gasteiger partial charge in [-0.1, -0.05) is 23.7 Å². The summed E-state index contributed by atoms with van der Waals surface area (Å²) in [4.78, 5) is 22.0. The molecule has 0 unspecified atom stereocenters. The SMILES string of the molecule is CC(=O)c1cc(Cl)cc(Nc2ccc(CC(=O)O)cc2)c1. The Morgan fingerprint density at radius 3 is 2.33 bits per heavy atom. The molecule has 0 saturated carbocycles. The van der Waals surface area contributed by atoms with Gasteiger partial charge >= 0.3 is 5.97 Å². The van der Waals surface area contributed by atoms with Crippen molar-refractivity contribution >= 4 is 34.7 Å². The van der Waals surface area contributed by atoms with Gasteiger partial charge in [-0.25, -0.2) is 0 Å². The maximum atomic E-state index is 11.4. The van der Waals surface area contributed by atoms with Crippen LogP contribution in [0.2, 0.25) is 5.02 Å². The van der Waals surface area contributed by atoms with Crippen molar-refractivity contribution in [2.75, 3.05) is 5.32 Å². The Labute approximate surface area is 127 Å². The zero-order chi connectivity index (χ0) is 15.4. The van der Waals surface area contributed by atoms with Crippen molar-refractivity contribution in [1.29, 1.82) is 0 Å². The van der Waals surface area contributed by atoms with Crippen LogP contribution in [0.25, 0.3) is 0 Å². The third-order valence-corrected chi connectivity index (χ3v) is 3.12. The standard InChI is InChI=1S/C16H14ClNO3/c1-10(19)12-7-13(17)9-15(8-12)18-14-4-2-11(3-5-14)6-16(20)21/h2-5,7-9,18H,6H2,1H3,(H,20,21). The molecule has 0 radical (unpaired) electrons. The Morgan fingerprint density at radius 1 is 1.10 bits per heavy atom. The third-order valence-electron chi connectivity index (χ3n) is 2.90. The minimum Gasteiger partial charge on any atom is -0.481 e. The summed E-state index contributed by atoms with van der Waals surface area (Å²) >= 11 is 5.99. The lowest BCUT2D eigenvalue weighted by Gasteiger charge is -2.09. The summed E-state index contributed by atoms with van der Waals surface area (Å²) in [5, 5.41) is 12.3. The molecule has 2 aromatic carbocycles. The lowest BCUT2D eigenvalue weighted by molar-refractivity contribution is -0.136. The maximum absolute atomic E-state index is 11.4. The first-order valence-corrected chi connectivity index (χ1v) is 6.71. The van der Waals surface area contributed by atoms with Gasteiger partial charge < -0.3 is 10.4 Å². The van der Waals surface area contributed by atoms with Crippen molar-refractivity contribution in [3.8, 4) is 0 Å². The second kappa shape index (κ2) is 6.41. The van der Waals surface area contributed by atoms with E-state index in [9.17, 15) is 9.59 Å². The molecule has 0 bridgehead atoms. The molecule has 5 heteroatoms. The average molecular weight is 304 g/mol. The lowest BCUT2D eigenvalue weighted by Crippen LogP contribution is -2.00. The molecule has 0 heterocycles.